The number of thiophene rings is 1. The summed E-state index contributed by atoms with van der Waals surface area (Å²) in [4.78, 5) is 17.0. The number of aromatic nitrogens is 2. The van der Waals surface area contributed by atoms with E-state index in [1.165, 1.54) is 4.31 Å². The Hall–Kier alpha value is -2.56. The summed E-state index contributed by atoms with van der Waals surface area (Å²) in [5, 5.41) is 8.53. The molecule has 1 fully saturated rings. The van der Waals surface area contributed by atoms with Crippen molar-refractivity contribution in [2.75, 3.05) is 18.4 Å². The molecule has 1 N–H and O–H groups in total. The molecule has 1 aliphatic rings. The van der Waals surface area contributed by atoms with Crippen LogP contribution in [0.15, 0.2) is 44.4 Å². The second-order valence-corrected chi connectivity index (χ2v) is 10.7. The number of hydrogen-bond acceptors (Lipinski definition) is 7. The third-order valence-electron chi connectivity index (χ3n) is 5.24. The van der Waals surface area contributed by atoms with Crippen LogP contribution >= 0.6 is 11.3 Å². The molecule has 1 saturated heterocycles. The third-order valence-corrected chi connectivity index (χ3v) is 8.52. The van der Waals surface area contributed by atoms with Crippen molar-refractivity contribution in [3.05, 3.63) is 47.2 Å². The van der Waals surface area contributed by atoms with Crippen LogP contribution in [0.3, 0.4) is 0 Å². The lowest BCUT2D eigenvalue weighted by Gasteiger charge is -2.30. The zero-order chi connectivity index (χ0) is 22.0. The van der Waals surface area contributed by atoms with Crippen LogP contribution in [0, 0.1) is 12.8 Å². The van der Waals surface area contributed by atoms with Crippen LogP contribution in [-0.4, -0.2) is 41.9 Å². The van der Waals surface area contributed by atoms with Crippen LogP contribution in [0.4, 0.5) is 5.69 Å². The average molecular weight is 461 g/mol. The highest BCUT2D eigenvalue weighted by Crippen LogP contribution is 2.31. The number of carbonyl (C=O) groups excluding carboxylic acids is 1. The van der Waals surface area contributed by atoms with Gasteiger partial charge >= 0.3 is 0 Å². The minimum absolute atomic E-state index is 0.156. The largest absolute Gasteiger partial charge is 0.339 e. The Morgan fingerprint density at radius 3 is 2.94 bits per heavy atom. The number of nitrogens with zero attached hydrogens (tertiary/aromatic N) is 3. The topological polar surface area (TPSA) is 105 Å². The fraction of sp³-hybridized carbons (Fsp3) is 0.381. The first-order valence-corrected chi connectivity index (χ1v) is 12.5. The van der Waals surface area contributed by atoms with Crippen LogP contribution in [0.25, 0.3) is 11.4 Å². The molecule has 0 spiro atoms. The molecule has 1 aliphatic heterocycles. The van der Waals surface area contributed by atoms with E-state index in [0.29, 0.717) is 43.1 Å². The highest BCUT2D eigenvalue weighted by molar-refractivity contribution is 7.91. The SMILES string of the molecule is CCc1nc(-c2csc(S(=O)(=O)N3CCC[C@H](C(=O)Nc4cccc(C)c4)C3)c2)no1. The summed E-state index contributed by atoms with van der Waals surface area (Å²) >= 11 is 1.12. The first-order valence-electron chi connectivity index (χ1n) is 10.2. The molecule has 164 valence electrons. The summed E-state index contributed by atoms with van der Waals surface area (Å²) in [6.45, 7) is 4.42. The van der Waals surface area contributed by atoms with Gasteiger partial charge in [0.2, 0.25) is 17.6 Å². The summed E-state index contributed by atoms with van der Waals surface area (Å²) < 4.78 is 33.1. The second kappa shape index (κ2) is 8.89. The number of rotatable bonds is 6. The van der Waals surface area contributed by atoms with Gasteiger partial charge < -0.3 is 9.84 Å². The smallest absolute Gasteiger partial charge is 0.252 e. The molecule has 0 radical (unpaired) electrons. The van der Waals surface area contributed by atoms with Crippen molar-refractivity contribution >= 4 is 33.0 Å². The van der Waals surface area contributed by atoms with E-state index in [1.54, 1.807) is 11.4 Å². The number of hydrogen-bond donors (Lipinski definition) is 1. The lowest BCUT2D eigenvalue weighted by molar-refractivity contribution is -0.120. The zero-order valence-corrected chi connectivity index (χ0v) is 19.0. The number of amides is 1. The normalized spacial score (nSPS) is 17.5. The van der Waals surface area contributed by atoms with Crippen molar-refractivity contribution in [2.24, 2.45) is 5.92 Å². The van der Waals surface area contributed by atoms with Gasteiger partial charge in [0.05, 0.1) is 5.92 Å². The Morgan fingerprint density at radius 1 is 1.35 bits per heavy atom. The van der Waals surface area contributed by atoms with E-state index in [4.69, 9.17) is 4.52 Å². The van der Waals surface area contributed by atoms with Crippen molar-refractivity contribution in [1.82, 2.24) is 14.4 Å². The number of carbonyl (C=O) groups is 1. The molecule has 0 saturated carbocycles. The van der Waals surface area contributed by atoms with Crippen molar-refractivity contribution in [1.29, 1.82) is 0 Å². The maximum absolute atomic E-state index is 13.2. The molecular formula is C21H24N4O4S2. The number of piperidine rings is 1. The monoisotopic (exact) mass is 460 g/mol. The zero-order valence-electron chi connectivity index (χ0n) is 17.4. The molecule has 8 nitrogen and oxygen atoms in total. The molecule has 2 aromatic heterocycles. The first-order chi connectivity index (χ1) is 14.9. The summed E-state index contributed by atoms with van der Waals surface area (Å²) in [6, 6.07) is 9.13. The van der Waals surface area contributed by atoms with E-state index in [-0.39, 0.29) is 16.7 Å². The minimum atomic E-state index is -3.71. The molecule has 1 aromatic carbocycles. The van der Waals surface area contributed by atoms with E-state index in [0.717, 1.165) is 22.6 Å². The van der Waals surface area contributed by atoms with Gasteiger partial charge in [0.25, 0.3) is 10.0 Å². The van der Waals surface area contributed by atoms with E-state index < -0.39 is 15.9 Å². The van der Waals surface area contributed by atoms with Crippen LogP contribution in [0.2, 0.25) is 0 Å². The molecule has 1 atom stereocenters. The molecule has 1 amide bonds. The van der Waals surface area contributed by atoms with Crippen LogP contribution in [0.5, 0.6) is 0 Å². The van der Waals surface area contributed by atoms with Crippen LogP contribution in [0.1, 0.15) is 31.2 Å². The molecule has 4 rings (SSSR count). The van der Waals surface area contributed by atoms with Gasteiger partial charge in [-0.15, -0.1) is 11.3 Å². The molecule has 3 aromatic rings. The highest BCUT2D eigenvalue weighted by atomic mass is 32.2. The first kappa shape index (κ1) is 21.7. The fourth-order valence-electron chi connectivity index (χ4n) is 3.55. The maximum atomic E-state index is 13.2. The molecule has 3 heterocycles. The van der Waals surface area contributed by atoms with Gasteiger partial charge in [0.15, 0.2) is 0 Å². The van der Waals surface area contributed by atoms with Gasteiger partial charge in [-0.25, -0.2) is 8.42 Å². The predicted octanol–water partition coefficient (Wildman–Crippen LogP) is 3.71. The lowest BCUT2D eigenvalue weighted by Crippen LogP contribution is -2.43. The van der Waals surface area contributed by atoms with Crippen LogP contribution in [-0.2, 0) is 21.2 Å². The summed E-state index contributed by atoms with van der Waals surface area (Å²) in [5.74, 6) is 0.330. The van der Waals surface area contributed by atoms with Crippen molar-refractivity contribution in [2.45, 2.75) is 37.3 Å². The Labute approximate surface area is 185 Å². The lowest BCUT2D eigenvalue weighted by atomic mass is 9.98. The third kappa shape index (κ3) is 4.70. The number of benzene rings is 1. The molecule has 10 heteroatoms. The minimum Gasteiger partial charge on any atom is -0.339 e. The van der Waals surface area contributed by atoms with Crippen LogP contribution < -0.4 is 5.32 Å². The van der Waals surface area contributed by atoms with Crippen molar-refractivity contribution in [3.8, 4) is 11.4 Å². The maximum Gasteiger partial charge on any atom is 0.252 e. The van der Waals surface area contributed by atoms with Gasteiger partial charge in [-0.3, -0.25) is 4.79 Å². The van der Waals surface area contributed by atoms with Gasteiger partial charge in [0, 0.05) is 36.1 Å². The van der Waals surface area contributed by atoms with E-state index in [2.05, 4.69) is 15.5 Å². The Balaban J connectivity index is 1.47. The number of anilines is 1. The molecule has 0 aliphatic carbocycles. The molecule has 31 heavy (non-hydrogen) atoms. The number of nitrogens with one attached hydrogen (secondary N) is 1. The van der Waals surface area contributed by atoms with Crippen molar-refractivity contribution < 1.29 is 17.7 Å². The van der Waals surface area contributed by atoms with Crippen molar-refractivity contribution in [3.63, 3.8) is 0 Å². The highest BCUT2D eigenvalue weighted by Gasteiger charge is 2.34. The molecule has 0 unspecified atom stereocenters. The number of sulfonamides is 1. The van der Waals surface area contributed by atoms with Gasteiger partial charge in [0.1, 0.15) is 4.21 Å². The Morgan fingerprint density at radius 2 is 2.19 bits per heavy atom. The number of aryl methyl sites for hydroxylation is 2. The fourth-order valence-corrected chi connectivity index (χ4v) is 6.39. The van der Waals surface area contributed by atoms with Gasteiger partial charge in [-0.05, 0) is 43.5 Å². The van der Waals surface area contributed by atoms with E-state index >= 15 is 0 Å². The molecule has 0 bridgehead atoms. The standard InChI is InChI=1S/C21H24N4O4S2/c1-3-18-23-20(24-29-18)16-11-19(30-13-16)31(27,28)25-9-5-7-15(12-25)21(26)22-17-8-4-6-14(2)10-17/h4,6,8,10-11,13,15H,3,5,7,9,12H2,1-2H3,(H,22,26)/t15-/m0/s1. The average Bonchev–Trinajstić information content (AvgIpc) is 3.43. The summed E-state index contributed by atoms with van der Waals surface area (Å²) in [6.07, 6.45) is 1.90. The quantitative estimate of drug-likeness (QED) is 0.601. The second-order valence-electron chi connectivity index (χ2n) is 7.58. The predicted molar refractivity (Wildman–Crippen MR) is 118 cm³/mol. The molecular weight excluding hydrogens is 436 g/mol. The Kier molecular flexibility index (Phi) is 6.22. The Bertz CT molecular complexity index is 1190. The van der Waals surface area contributed by atoms with E-state index in [1.807, 2.05) is 38.1 Å². The van der Waals surface area contributed by atoms with E-state index in [9.17, 15) is 13.2 Å². The van der Waals surface area contributed by atoms with Gasteiger partial charge in [-0.1, -0.05) is 24.2 Å². The summed E-state index contributed by atoms with van der Waals surface area (Å²) in [7, 11) is -3.71. The summed E-state index contributed by atoms with van der Waals surface area (Å²) in [5.41, 5.74) is 2.38. The van der Waals surface area contributed by atoms with Gasteiger partial charge in [-0.2, -0.15) is 9.29 Å².